The van der Waals surface area contributed by atoms with E-state index in [0.29, 0.717) is 32.4 Å². The molecule has 2 atom stereocenters. The molecule has 48 heavy (non-hydrogen) atoms. The van der Waals surface area contributed by atoms with Gasteiger partial charge in [-0.15, -0.1) is 0 Å². The van der Waals surface area contributed by atoms with Crippen LogP contribution in [0.4, 0.5) is 0 Å². The largest absolute Gasteiger partial charge is 0.370 e. The summed E-state index contributed by atoms with van der Waals surface area (Å²) in [6.07, 6.45) is 33.5. The second-order valence-corrected chi connectivity index (χ2v) is 14.2. The predicted octanol–water partition coefficient (Wildman–Crippen LogP) is 7.82. The third kappa shape index (κ3) is 30.2. The van der Waals surface area contributed by atoms with Crippen LogP contribution in [0.2, 0.25) is 0 Å². The van der Waals surface area contributed by atoms with Gasteiger partial charge in [0.2, 0.25) is 11.8 Å². The molecule has 0 rings (SSSR count). The van der Waals surface area contributed by atoms with Crippen LogP contribution in [0.15, 0.2) is 4.99 Å². The Bertz CT molecular complexity index is 761. The molecule has 9 nitrogen and oxygen atoms in total. The summed E-state index contributed by atoms with van der Waals surface area (Å²) >= 11 is 0. The van der Waals surface area contributed by atoms with E-state index in [1.54, 1.807) is 0 Å². The van der Waals surface area contributed by atoms with Gasteiger partial charge in [0.05, 0.1) is 12.1 Å². The Balaban J connectivity index is 4.39. The third-order valence-electron chi connectivity index (χ3n) is 9.49. The van der Waals surface area contributed by atoms with E-state index in [2.05, 4.69) is 29.1 Å². The van der Waals surface area contributed by atoms with Gasteiger partial charge in [0.1, 0.15) is 0 Å². The highest BCUT2D eigenvalue weighted by Gasteiger charge is 2.20. The number of hydrogen-bond acceptors (Lipinski definition) is 5. The van der Waals surface area contributed by atoms with E-state index >= 15 is 0 Å². The molecule has 0 fully saturated rings. The van der Waals surface area contributed by atoms with Crippen LogP contribution in [0.1, 0.15) is 194 Å². The minimum absolute atomic E-state index is 0.0474. The average molecular weight is 680 g/mol. The fraction of sp³-hybridized carbons (Fsp3) is 0.923. The monoisotopic (exact) mass is 680 g/mol. The van der Waals surface area contributed by atoms with Gasteiger partial charge in [-0.2, -0.15) is 0 Å². The van der Waals surface area contributed by atoms with E-state index in [1.807, 2.05) is 0 Å². The normalized spacial score (nSPS) is 12.5. The van der Waals surface area contributed by atoms with Gasteiger partial charge < -0.3 is 33.2 Å². The Labute approximate surface area is 296 Å². The van der Waals surface area contributed by atoms with Gasteiger partial charge in [-0.05, 0) is 44.9 Å². The van der Waals surface area contributed by atoms with E-state index < -0.39 is 12.1 Å². The van der Waals surface area contributed by atoms with E-state index in [1.165, 1.54) is 135 Å². The van der Waals surface area contributed by atoms with Gasteiger partial charge in [0, 0.05) is 26.2 Å². The van der Waals surface area contributed by atoms with Crippen LogP contribution < -0.4 is 28.3 Å². The van der Waals surface area contributed by atoms with Gasteiger partial charge in [-0.25, -0.2) is 0 Å². The summed E-state index contributed by atoms with van der Waals surface area (Å²) in [5.74, 6) is -0.0246. The summed E-state index contributed by atoms with van der Waals surface area (Å²) in [5.41, 5.74) is 23.1. The van der Waals surface area contributed by atoms with Crippen LogP contribution in [0.5, 0.6) is 0 Å². The molecule has 2 amide bonds. The van der Waals surface area contributed by atoms with Crippen molar-refractivity contribution in [2.24, 2.45) is 27.9 Å². The zero-order valence-corrected chi connectivity index (χ0v) is 31.8. The zero-order valence-electron chi connectivity index (χ0n) is 31.8. The lowest BCUT2D eigenvalue weighted by Gasteiger charge is -2.26. The zero-order chi connectivity index (χ0) is 35.5. The van der Waals surface area contributed by atoms with Crippen LogP contribution >= 0.6 is 0 Å². The smallest absolute Gasteiger partial charge is 0.239 e. The number of rotatable bonds is 36. The number of aliphatic imine (C=N–C) groups is 1. The number of carbonyl (C=O) groups is 2. The predicted molar refractivity (Wildman–Crippen MR) is 207 cm³/mol. The second-order valence-electron chi connectivity index (χ2n) is 14.2. The lowest BCUT2D eigenvalue weighted by atomic mass is 10.0. The van der Waals surface area contributed by atoms with Crippen molar-refractivity contribution in [3.05, 3.63) is 0 Å². The Morgan fingerprint density at radius 1 is 0.542 bits per heavy atom. The first-order valence-electron chi connectivity index (χ1n) is 20.5. The van der Waals surface area contributed by atoms with Gasteiger partial charge in [-0.3, -0.25) is 14.6 Å². The molecule has 0 radical (unpaired) electrons. The van der Waals surface area contributed by atoms with Crippen molar-refractivity contribution in [1.29, 1.82) is 0 Å². The third-order valence-corrected chi connectivity index (χ3v) is 9.49. The Morgan fingerprint density at radius 2 is 0.938 bits per heavy atom. The molecule has 0 saturated carbocycles. The van der Waals surface area contributed by atoms with Crippen LogP contribution in [0.25, 0.3) is 0 Å². The average Bonchev–Trinajstić information content (AvgIpc) is 3.07. The topological polar surface area (TPSA) is 166 Å². The minimum atomic E-state index is -0.576. The van der Waals surface area contributed by atoms with Crippen LogP contribution in [0.3, 0.4) is 0 Å². The van der Waals surface area contributed by atoms with Crippen molar-refractivity contribution >= 4 is 17.8 Å². The molecule has 0 aliphatic heterocycles. The highest BCUT2D eigenvalue weighted by atomic mass is 16.2. The molecule has 0 aliphatic carbocycles. The van der Waals surface area contributed by atoms with Crippen LogP contribution in [0, 0.1) is 0 Å². The van der Waals surface area contributed by atoms with Crippen molar-refractivity contribution in [1.82, 2.24) is 10.2 Å². The van der Waals surface area contributed by atoms with Gasteiger partial charge in [0.15, 0.2) is 5.96 Å². The summed E-state index contributed by atoms with van der Waals surface area (Å²) in [6.45, 7) is 7.17. The number of carbonyl (C=O) groups excluding carboxylic acids is 2. The maximum absolute atomic E-state index is 13.4. The molecule has 0 aliphatic rings. The Kier molecular flexibility index (Phi) is 33.6. The Morgan fingerprint density at radius 3 is 1.35 bits per heavy atom. The molecule has 0 saturated heterocycles. The fourth-order valence-electron chi connectivity index (χ4n) is 6.28. The van der Waals surface area contributed by atoms with Gasteiger partial charge in [0.25, 0.3) is 0 Å². The van der Waals surface area contributed by atoms with E-state index in [0.717, 1.165) is 38.8 Å². The first-order valence-corrected chi connectivity index (χ1v) is 20.5. The molecule has 0 aromatic heterocycles. The molecule has 0 aromatic carbocycles. The fourth-order valence-corrected chi connectivity index (χ4v) is 6.28. The molecule has 0 spiro atoms. The molecular weight excluding hydrogens is 598 g/mol. The Hall–Kier alpha value is -1.87. The summed E-state index contributed by atoms with van der Waals surface area (Å²) in [5, 5.41) is 2.90. The molecular formula is C39H81N7O2. The molecule has 9 heteroatoms. The standard InChI is InChI=1S/C39H81N7O2/c1-3-5-7-9-11-13-15-16-17-19-21-23-27-34-46(33-26-22-20-18-14-12-10-8-6-4-2)38(48)36(41)29-24-25-31-44-37(47)35(40)30-28-32-45-39(42)43/h35-36H,3-34,40-41H2,1-2H3,(H,44,47)(H4,42,43,45). The van der Waals surface area contributed by atoms with Crippen molar-refractivity contribution < 1.29 is 9.59 Å². The van der Waals surface area contributed by atoms with Gasteiger partial charge in [-0.1, -0.05) is 149 Å². The SMILES string of the molecule is CCCCCCCCCCCCCCCN(CCCCCCCCCCCC)C(=O)C(N)CCCCNC(=O)C(N)CCCN=C(N)N. The lowest BCUT2D eigenvalue weighted by molar-refractivity contribution is -0.133. The lowest BCUT2D eigenvalue weighted by Crippen LogP contribution is -2.44. The second kappa shape index (κ2) is 35.0. The maximum Gasteiger partial charge on any atom is 0.239 e. The summed E-state index contributed by atoms with van der Waals surface area (Å²) < 4.78 is 0. The molecule has 0 bridgehead atoms. The number of nitrogens with one attached hydrogen (secondary N) is 1. The van der Waals surface area contributed by atoms with Crippen LogP contribution in [-0.2, 0) is 9.59 Å². The van der Waals surface area contributed by atoms with E-state index in [-0.39, 0.29) is 17.8 Å². The maximum atomic E-state index is 13.4. The molecule has 0 aromatic rings. The summed E-state index contributed by atoms with van der Waals surface area (Å²) in [7, 11) is 0. The molecule has 2 unspecified atom stereocenters. The number of amides is 2. The molecule has 0 heterocycles. The molecule has 9 N–H and O–H groups in total. The highest BCUT2D eigenvalue weighted by Crippen LogP contribution is 2.15. The van der Waals surface area contributed by atoms with E-state index in [4.69, 9.17) is 22.9 Å². The minimum Gasteiger partial charge on any atom is -0.370 e. The number of nitrogens with zero attached hydrogens (tertiary/aromatic N) is 2. The molecule has 284 valence electrons. The number of guanidine groups is 1. The number of nitrogens with two attached hydrogens (primary N) is 4. The van der Waals surface area contributed by atoms with Gasteiger partial charge >= 0.3 is 0 Å². The summed E-state index contributed by atoms with van der Waals surface area (Å²) in [4.78, 5) is 31.6. The summed E-state index contributed by atoms with van der Waals surface area (Å²) in [6, 6.07) is -1.06. The van der Waals surface area contributed by atoms with Crippen molar-refractivity contribution in [2.75, 3.05) is 26.2 Å². The van der Waals surface area contributed by atoms with Crippen molar-refractivity contribution in [3.8, 4) is 0 Å². The van der Waals surface area contributed by atoms with Crippen molar-refractivity contribution in [2.45, 2.75) is 206 Å². The first kappa shape index (κ1) is 46.1. The number of unbranched alkanes of at least 4 members (excludes halogenated alkanes) is 22. The highest BCUT2D eigenvalue weighted by molar-refractivity contribution is 5.82. The number of hydrogen-bond donors (Lipinski definition) is 5. The van der Waals surface area contributed by atoms with Crippen molar-refractivity contribution in [3.63, 3.8) is 0 Å². The van der Waals surface area contributed by atoms with E-state index in [9.17, 15) is 9.59 Å². The first-order chi connectivity index (χ1) is 23.3. The van der Waals surface area contributed by atoms with Crippen LogP contribution in [-0.4, -0.2) is 60.9 Å². The quantitative estimate of drug-likeness (QED) is 0.0257.